The van der Waals surface area contributed by atoms with Gasteiger partial charge >= 0.3 is 11.9 Å². The number of ether oxygens (including phenoxy) is 5. The smallest absolute Gasteiger partial charge is 0.337 e. The van der Waals surface area contributed by atoms with Gasteiger partial charge in [0, 0.05) is 32.0 Å². The highest BCUT2D eigenvalue weighted by atomic mass is 16.5. The first-order valence-corrected chi connectivity index (χ1v) is 10.00. The number of fused-ring (bicyclic) bond motifs is 1. The van der Waals surface area contributed by atoms with E-state index in [1.165, 1.54) is 14.2 Å². The van der Waals surface area contributed by atoms with Crippen LogP contribution in [0.1, 0.15) is 25.7 Å². The molecule has 1 heterocycles. The summed E-state index contributed by atoms with van der Waals surface area (Å²) in [7, 11) is 2.64. The van der Waals surface area contributed by atoms with Crippen molar-refractivity contribution in [2.75, 3.05) is 40.6 Å². The Morgan fingerprint density at radius 1 is 0.862 bits per heavy atom. The molecule has 2 aliphatic carbocycles. The van der Waals surface area contributed by atoms with E-state index < -0.39 is 24.1 Å². The first-order chi connectivity index (χ1) is 14.2. The molecule has 0 amide bonds. The van der Waals surface area contributed by atoms with Crippen LogP contribution in [0, 0.1) is 0 Å². The molecule has 0 radical (unpaired) electrons. The Bertz CT molecular complexity index is 744. The molecule has 29 heavy (non-hydrogen) atoms. The molecule has 0 saturated heterocycles. The summed E-state index contributed by atoms with van der Waals surface area (Å²) in [6.07, 6.45) is 9.30. The van der Waals surface area contributed by atoms with Gasteiger partial charge in [-0.1, -0.05) is 24.3 Å². The summed E-state index contributed by atoms with van der Waals surface area (Å²) >= 11 is 0. The maximum atomic E-state index is 12.8. The van der Waals surface area contributed by atoms with Gasteiger partial charge in [-0.2, -0.15) is 0 Å². The quantitative estimate of drug-likeness (QED) is 0.654. The summed E-state index contributed by atoms with van der Waals surface area (Å²) in [6, 6.07) is 0. The van der Waals surface area contributed by atoms with Crippen molar-refractivity contribution in [3.63, 3.8) is 0 Å². The van der Waals surface area contributed by atoms with Gasteiger partial charge in [-0.25, -0.2) is 9.59 Å². The Labute approximate surface area is 171 Å². The van der Waals surface area contributed by atoms with Gasteiger partial charge in [0.05, 0.1) is 25.4 Å². The van der Waals surface area contributed by atoms with E-state index in [0.29, 0.717) is 48.7 Å². The molecule has 158 valence electrons. The van der Waals surface area contributed by atoms with Crippen molar-refractivity contribution in [1.29, 1.82) is 0 Å². The number of esters is 2. The lowest BCUT2D eigenvalue weighted by Crippen LogP contribution is -2.28. The van der Waals surface area contributed by atoms with Gasteiger partial charge in [0.1, 0.15) is 12.2 Å². The lowest BCUT2D eigenvalue weighted by molar-refractivity contribution is -0.138. The van der Waals surface area contributed by atoms with Crippen LogP contribution >= 0.6 is 0 Å². The van der Waals surface area contributed by atoms with Crippen LogP contribution < -0.4 is 0 Å². The zero-order valence-electron chi connectivity index (χ0n) is 17.0. The summed E-state index contributed by atoms with van der Waals surface area (Å²) in [6.45, 7) is 2.23. The second-order valence-corrected chi connectivity index (χ2v) is 6.95. The third-order valence-corrected chi connectivity index (χ3v) is 5.10. The number of allylic oxidation sites excluding steroid dienone is 3. The molecule has 7 nitrogen and oxygen atoms in total. The van der Waals surface area contributed by atoms with Crippen molar-refractivity contribution in [1.82, 2.24) is 0 Å². The number of rotatable bonds is 2. The summed E-state index contributed by atoms with van der Waals surface area (Å²) in [5.74, 6) is -1.07. The molecule has 2 bridgehead atoms. The predicted octanol–water partition coefficient (Wildman–Crippen LogP) is 2.43. The number of carbonyl (C=O) groups excluding carboxylic acids is 2. The zero-order chi connectivity index (χ0) is 20.6. The minimum atomic E-state index is -0.854. The van der Waals surface area contributed by atoms with Crippen molar-refractivity contribution in [2.45, 2.75) is 37.9 Å². The van der Waals surface area contributed by atoms with Crippen LogP contribution in [0.5, 0.6) is 0 Å². The van der Waals surface area contributed by atoms with Crippen molar-refractivity contribution in [2.24, 2.45) is 0 Å². The average Bonchev–Trinajstić information content (AvgIpc) is 2.90. The van der Waals surface area contributed by atoms with Gasteiger partial charge < -0.3 is 23.7 Å². The minimum Gasteiger partial charge on any atom is -0.466 e. The molecule has 0 aromatic carbocycles. The Morgan fingerprint density at radius 2 is 1.48 bits per heavy atom. The van der Waals surface area contributed by atoms with E-state index in [0.717, 1.165) is 25.7 Å². The molecule has 0 spiro atoms. The Morgan fingerprint density at radius 3 is 2.17 bits per heavy atom. The van der Waals surface area contributed by atoms with E-state index in [4.69, 9.17) is 23.7 Å². The van der Waals surface area contributed by atoms with Crippen LogP contribution in [0.15, 0.2) is 46.6 Å². The van der Waals surface area contributed by atoms with Crippen LogP contribution in [0.4, 0.5) is 0 Å². The SMILES string of the molecule is COC(=O)C1=C2C=CC=CC3OCCCCOCCCCOC1C(C(=O)OC)=C23. The van der Waals surface area contributed by atoms with E-state index >= 15 is 0 Å². The highest BCUT2D eigenvalue weighted by Gasteiger charge is 2.44. The van der Waals surface area contributed by atoms with E-state index in [1.54, 1.807) is 6.08 Å². The molecule has 2 unspecified atom stereocenters. The largest absolute Gasteiger partial charge is 0.466 e. The highest BCUT2D eigenvalue weighted by Crippen LogP contribution is 2.41. The number of methoxy groups -OCH3 is 2. The van der Waals surface area contributed by atoms with Gasteiger partial charge in [0.2, 0.25) is 0 Å². The first-order valence-electron chi connectivity index (χ1n) is 10.00. The molecule has 7 heteroatoms. The fourth-order valence-corrected chi connectivity index (χ4v) is 3.70. The van der Waals surface area contributed by atoms with Crippen molar-refractivity contribution in [3.05, 3.63) is 46.6 Å². The van der Waals surface area contributed by atoms with Crippen molar-refractivity contribution < 1.29 is 33.3 Å². The van der Waals surface area contributed by atoms with E-state index in [-0.39, 0.29) is 0 Å². The lowest BCUT2D eigenvalue weighted by atomic mass is 9.99. The standard InChI is InChI=1S/C22H28O7/c1-25-21(23)18-15-9-3-4-10-16-17(15)19(22(24)26-2)20(18)29-14-8-6-12-27-11-5-7-13-28-16/h3-4,9-10,16,20H,5-8,11-14H2,1-2H3. The van der Waals surface area contributed by atoms with Gasteiger partial charge in [-0.3, -0.25) is 0 Å². The van der Waals surface area contributed by atoms with Crippen molar-refractivity contribution >= 4 is 11.9 Å². The van der Waals surface area contributed by atoms with Crippen LogP contribution in [-0.2, 0) is 33.3 Å². The summed E-state index contributed by atoms with van der Waals surface area (Å²) < 4.78 is 27.8. The van der Waals surface area contributed by atoms with Crippen LogP contribution in [0.2, 0.25) is 0 Å². The predicted molar refractivity (Wildman–Crippen MR) is 105 cm³/mol. The first kappa shape index (κ1) is 21.5. The molecule has 3 rings (SSSR count). The van der Waals surface area contributed by atoms with E-state index in [1.807, 2.05) is 18.2 Å². The highest BCUT2D eigenvalue weighted by molar-refractivity contribution is 6.03. The maximum Gasteiger partial charge on any atom is 0.337 e. The van der Waals surface area contributed by atoms with Crippen LogP contribution in [-0.4, -0.2) is 64.8 Å². The van der Waals surface area contributed by atoms with Crippen LogP contribution in [0.25, 0.3) is 0 Å². The molecule has 0 N–H and O–H groups in total. The molecule has 0 saturated carbocycles. The number of carbonyl (C=O) groups is 2. The number of hydrogen-bond donors (Lipinski definition) is 0. The number of hydrogen-bond acceptors (Lipinski definition) is 7. The normalized spacial score (nSPS) is 25.9. The second-order valence-electron chi connectivity index (χ2n) is 6.95. The average molecular weight is 404 g/mol. The zero-order valence-corrected chi connectivity index (χ0v) is 17.0. The molecule has 0 fully saturated rings. The van der Waals surface area contributed by atoms with E-state index in [9.17, 15) is 9.59 Å². The molecule has 0 aromatic heterocycles. The summed E-state index contributed by atoms with van der Waals surface area (Å²) in [4.78, 5) is 25.4. The van der Waals surface area contributed by atoms with E-state index in [2.05, 4.69) is 0 Å². The summed E-state index contributed by atoms with van der Waals surface area (Å²) in [5.41, 5.74) is 1.82. The van der Waals surface area contributed by atoms with Crippen LogP contribution in [0.3, 0.4) is 0 Å². The topological polar surface area (TPSA) is 80.3 Å². The van der Waals surface area contributed by atoms with Gasteiger partial charge in [0.15, 0.2) is 0 Å². The van der Waals surface area contributed by atoms with Crippen molar-refractivity contribution in [3.8, 4) is 0 Å². The van der Waals surface area contributed by atoms with Gasteiger partial charge in [-0.15, -0.1) is 0 Å². The Balaban J connectivity index is 2.06. The molecule has 3 aliphatic rings. The van der Waals surface area contributed by atoms with Gasteiger partial charge in [0.25, 0.3) is 0 Å². The third kappa shape index (κ3) is 4.86. The Hall–Kier alpha value is -2.22. The molecule has 1 aliphatic heterocycles. The summed E-state index contributed by atoms with van der Waals surface area (Å²) in [5, 5.41) is 0. The fraction of sp³-hybridized carbons (Fsp3) is 0.545. The molecular formula is C22H28O7. The molecule has 0 aromatic rings. The third-order valence-electron chi connectivity index (χ3n) is 5.10. The minimum absolute atomic E-state index is 0.301. The Kier molecular flexibility index (Phi) is 7.80. The second kappa shape index (κ2) is 10.5. The fourth-order valence-electron chi connectivity index (χ4n) is 3.70. The lowest BCUT2D eigenvalue weighted by Gasteiger charge is -2.20. The molecular weight excluding hydrogens is 376 g/mol. The van der Waals surface area contributed by atoms with Gasteiger partial charge in [-0.05, 0) is 31.3 Å². The molecule has 2 atom stereocenters. The monoisotopic (exact) mass is 404 g/mol. The maximum absolute atomic E-state index is 12.8.